The summed E-state index contributed by atoms with van der Waals surface area (Å²) in [6, 6.07) is 18.4. The summed E-state index contributed by atoms with van der Waals surface area (Å²) in [4.78, 5) is 15.8. The molecule has 0 radical (unpaired) electrons. The number of benzene rings is 3. The maximum atomic E-state index is 14.8. The van der Waals surface area contributed by atoms with Gasteiger partial charge in [0.25, 0.3) is 0 Å². The summed E-state index contributed by atoms with van der Waals surface area (Å²) in [6.07, 6.45) is 3.15. The molecule has 5 aromatic rings. The number of aromatic carboxylic acids is 1. The van der Waals surface area contributed by atoms with E-state index in [9.17, 15) is 22.9 Å². The Morgan fingerprint density at radius 2 is 1.78 bits per heavy atom. The first-order valence-corrected chi connectivity index (χ1v) is 15.0. The largest absolute Gasteiger partial charge is 0.476 e. The van der Waals surface area contributed by atoms with Crippen molar-refractivity contribution in [2.45, 2.75) is 30.6 Å². The van der Waals surface area contributed by atoms with Crippen LogP contribution in [0.4, 0.5) is 8.78 Å². The van der Waals surface area contributed by atoms with Crippen LogP contribution in [0.2, 0.25) is 0 Å². The third-order valence-corrected chi connectivity index (χ3v) is 8.63. The van der Waals surface area contributed by atoms with Crippen molar-refractivity contribution in [1.82, 2.24) is 14.8 Å². The molecule has 1 unspecified atom stereocenters. The summed E-state index contributed by atoms with van der Waals surface area (Å²) >= 11 is 1.18. The number of rotatable bonds is 9. The molecule has 208 valence electrons. The molecule has 0 spiro atoms. The molecule has 1 aliphatic rings. The monoisotopic (exact) mass is 590 g/mol. The van der Waals surface area contributed by atoms with Crippen LogP contribution in [0.1, 0.15) is 40.2 Å². The average molecular weight is 591 g/mol. The van der Waals surface area contributed by atoms with E-state index >= 15 is 0 Å². The second-order valence-electron chi connectivity index (χ2n) is 9.98. The van der Waals surface area contributed by atoms with Crippen molar-refractivity contribution in [2.75, 3.05) is 0 Å². The van der Waals surface area contributed by atoms with Gasteiger partial charge >= 0.3 is 5.97 Å². The van der Waals surface area contributed by atoms with Crippen LogP contribution in [-0.2, 0) is 23.8 Å². The Kier molecular flexibility index (Phi) is 7.33. The van der Waals surface area contributed by atoms with E-state index in [0.29, 0.717) is 40.7 Å². The highest BCUT2D eigenvalue weighted by Gasteiger charge is 2.29. The number of halogens is 2. The van der Waals surface area contributed by atoms with E-state index in [1.807, 2.05) is 30.3 Å². The van der Waals surface area contributed by atoms with Crippen LogP contribution in [0.5, 0.6) is 0 Å². The van der Waals surface area contributed by atoms with Crippen molar-refractivity contribution < 1.29 is 22.9 Å². The quantitative estimate of drug-likeness (QED) is 0.214. The summed E-state index contributed by atoms with van der Waals surface area (Å²) in [5.74, 6) is -1.67. The molecule has 1 fully saturated rings. The fourth-order valence-electron chi connectivity index (χ4n) is 4.86. The van der Waals surface area contributed by atoms with Gasteiger partial charge in [-0.15, -0.1) is 11.3 Å². The molecule has 41 heavy (non-hydrogen) atoms. The molecule has 0 bridgehead atoms. The van der Waals surface area contributed by atoms with Gasteiger partial charge in [-0.05, 0) is 72.2 Å². The lowest BCUT2D eigenvalue weighted by Gasteiger charge is -2.10. The lowest BCUT2D eigenvalue weighted by atomic mass is 9.95. The van der Waals surface area contributed by atoms with Crippen molar-refractivity contribution in [3.63, 3.8) is 0 Å². The zero-order chi connectivity index (χ0) is 28.7. The summed E-state index contributed by atoms with van der Waals surface area (Å²) < 4.78 is 42.2. The number of hydrogen-bond acceptors (Lipinski definition) is 5. The molecule has 1 saturated carbocycles. The normalized spacial score (nSPS) is 13.8. The molecule has 1 aliphatic carbocycles. The zero-order valence-electron chi connectivity index (χ0n) is 21.6. The minimum atomic E-state index is -1.95. The van der Waals surface area contributed by atoms with Crippen LogP contribution in [0.3, 0.4) is 0 Å². The number of carbonyl (C=O) groups is 1. The highest BCUT2D eigenvalue weighted by atomic mass is 32.2. The van der Waals surface area contributed by atoms with Gasteiger partial charge in [0.2, 0.25) is 5.13 Å². The number of aromatic nitrogens is 3. The zero-order valence-corrected chi connectivity index (χ0v) is 23.2. The highest BCUT2D eigenvalue weighted by Crippen LogP contribution is 2.39. The molecule has 2 heterocycles. The van der Waals surface area contributed by atoms with Gasteiger partial charge in [0.1, 0.15) is 22.6 Å². The van der Waals surface area contributed by atoms with Gasteiger partial charge in [-0.2, -0.15) is 5.10 Å². The van der Waals surface area contributed by atoms with Crippen molar-refractivity contribution in [3.05, 3.63) is 106 Å². The van der Waals surface area contributed by atoms with Gasteiger partial charge in [0, 0.05) is 22.9 Å². The van der Waals surface area contributed by atoms with E-state index < -0.39 is 22.8 Å². The third-order valence-electron chi connectivity index (χ3n) is 7.05. The molecule has 0 aliphatic heterocycles. The van der Waals surface area contributed by atoms with Gasteiger partial charge in [0.05, 0.1) is 16.3 Å². The smallest absolute Gasteiger partial charge is 0.355 e. The first kappa shape index (κ1) is 27.1. The van der Waals surface area contributed by atoms with E-state index in [2.05, 4.69) is 4.98 Å². The minimum absolute atomic E-state index is 0.0680. The standard InChI is InChI=1S/C30H24F2N4O3S2/c31-22-6-2-4-20(15-22)19-3-1-5-21(14-19)28-23(11-18-9-10-27(41(33)39)24(32)12-18)26(13-17-7-8-17)36(35-28)30-34-25(16-40-30)29(37)38/h1-6,9-10,12,14-17H,7-8,11,13,33H2,(H,37,38). The Balaban J connectivity index is 1.52. The molecule has 2 aromatic heterocycles. The molecule has 0 saturated heterocycles. The Labute approximate surface area is 240 Å². The Morgan fingerprint density at radius 1 is 1.05 bits per heavy atom. The van der Waals surface area contributed by atoms with Gasteiger partial charge in [-0.3, -0.25) is 0 Å². The second-order valence-corrected chi connectivity index (χ2v) is 11.9. The SMILES string of the molecule is NS(=O)c1ccc(Cc2c(-c3cccc(-c4cccc(F)c4)c3)nn(-c3nc(C(=O)O)cs3)c2CC2CC2)cc1F. The average Bonchev–Trinajstić information content (AvgIpc) is 3.50. The number of nitrogens with two attached hydrogens (primary N) is 1. The number of carboxylic acids is 1. The molecule has 3 aromatic carbocycles. The molecule has 11 heteroatoms. The Morgan fingerprint density at radius 3 is 2.44 bits per heavy atom. The lowest BCUT2D eigenvalue weighted by Crippen LogP contribution is -2.07. The van der Waals surface area contributed by atoms with Crippen molar-refractivity contribution in [3.8, 4) is 27.5 Å². The predicted octanol–water partition coefficient (Wildman–Crippen LogP) is 6.16. The summed E-state index contributed by atoms with van der Waals surface area (Å²) in [5.41, 5.74) is 5.21. The van der Waals surface area contributed by atoms with Crippen LogP contribution >= 0.6 is 11.3 Å². The topological polar surface area (TPSA) is 111 Å². The molecule has 6 rings (SSSR count). The van der Waals surface area contributed by atoms with Crippen LogP contribution in [0.15, 0.2) is 77.0 Å². The van der Waals surface area contributed by atoms with Crippen molar-refractivity contribution >= 4 is 28.3 Å². The van der Waals surface area contributed by atoms with Gasteiger partial charge in [0.15, 0.2) is 5.69 Å². The molecular formula is C30H24F2N4O3S2. The number of carboxylic acid groups (broad SMARTS) is 1. The van der Waals surface area contributed by atoms with Crippen LogP contribution in [-0.4, -0.2) is 30.0 Å². The number of nitrogens with zero attached hydrogens (tertiary/aromatic N) is 3. The second kappa shape index (κ2) is 11.1. The summed E-state index contributed by atoms with van der Waals surface area (Å²) in [5, 5.41) is 21.7. The predicted molar refractivity (Wildman–Crippen MR) is 153 cm³/mol. The van der Waals surface area contributed by atoms with E-state index in [1.54, 1.807) is 16.8 Å². The van der Waals surface area contributed by atoms with E-state index in [0.717, 1.165) is 35.2 Å². The van der Waals surface area contributed by atoms with Gasteiger partial charge in [-0.25, -0.2) is 32.6 Å². The van der Waals surface area contributed by atoms with Crippen LogP contribution in [0, 0.1) is 17.6 Å². The third kappa shape index (κ3) is 5.74. The van der Waals surface area contributed by atoms with Gasteiger partial charge in [-0.1, -0.05) is 36.4 Å². The molecule has 7 nitrogen and oxygen atoms in total. The van der Waals surface area contributed by atoms with E-state index in [1.165, 1.54) is 41.0 Å². The van der Waals surface area contributed by atoms with Crippen LogP contribution in [0.25, 0.3) is 27.5 Å². The van der Waals surface area contributed by atoms with E-state index in [-0.39, 0.29) is 16.4 Å². The maximum absolute atomic E-state index is 14.8. The fraction of sp³-hybridized carbons (Fsp3) is 0.167. The minimum Gasteiger partial charge on any atom is -0.476 e. The van der Waals surface area contributed by atoms with E-state index in [4.69, 9.17) is 10.2 Å². The summed E-state index contributed by atoms with van der Waals surface area (Å²) in [7, 11) is -1.95. The fourth-order valence-corrected chi connectivity index (χ4v) is 6.09. The molecular weight excluding hydrogens is 566 g/mol. The molecule has 3 N–H and O–H groups in total. The first-order chi connectivity index (χ1) is 19.8. The highest BCUT2D eigenvalue weighted by molar-refractivity contribution is 7.82. The Hall–Kier alpha value is -4.06. The van der Waals surface area contributed by atoms with Crippen molar-refractivity contribution in [1.29, 1.82) is 0 Å². The first-order valence-electron chi connectivity index (χ1n) is 12.9. The van der Waals surface area contributed by atoms with Crippen LogP contribution < -0.4 is 5.14 Å². The number of hydrogen-bond donors (Lipinski definition) is 2. The van der Waals surface area contributed by atoms with Gasteiger partial charge < -0.3 is 5.11 Å². The molecule has 0 amide bonds. The summed E-state index contributed by atoms with van der Waals surface area (Å²) in [6.45, 7) is 0. The number of thiazole rings is 1. The Bertz CT molecular complexity index is 1810. The maximum Gasteiger partial charge on any atom is 0.355 e. The van der Waals surface area contributed by atoms with Crippen molar-refractivity contribution in [2.24, 2.45) is 11.1 Å². The lowest BCUT2D eigenvalue weighted by molar-refractivity contribution is 0.0691. The molecule has 1 atom stereocenters.